The number of aromatic amines is 1. The van der Waals surface area contributed by atoms with Crippen molar-refractivity contribution in [3.8, 4) is 0 Å². The number of nitrogens with one attached hydrogen (secondary N) is 1. The van der Waals surface area contributed by atoms with E-state index in [2.05, 4.69) is 4.98 Å². The van der Waals surface area contributed by atoms with Gasteiger partial charge in [-0.1, -0.05) is 0 Å². The summed E-state index contributed by atoms with van der Waals surface area (Å²) in [4.78, 5) is 24.5. The molecule has 15 heavy (non-hydrogen) atoms. The predicted octanol–water partition coefficient (Wildman–Crippen LogP) is 1.46. The highest BCUT2D eigenvalue weighted by Crippen LogP contribution is 2.05. The van der Waals surface area contributed by atoms with Crippen LogP contribution in [-0.2, 0) is 4.79 Å². The lowest BCUT2D eigenvalue weighted by molar-refractivity contribution is -0.118. The van der Waals surface area contributed by atoms with Crippen molar-refractivity contribution in [1.29, 1.82) is 0 Å². The molecule has 2 rings (SSSR count). The summed E-state index contributed by atoms with van der Waals surface area (Å²) in [6.07, 6.45) is 7.12. The lowest BCUT2D eigenvalue weighted by Gasteiger charge is -2.21. The number of nitrogens with zero attached hydrogens (tertiary/aromatic N) is 1. The van der Waals surface area contributed by atoms with E-state index >= 15 is 0 Å². The van der Waals surface area contributed by atoms with Crippen LogP contribution in [0.3, 0.4) is 0 Å². The van der Waals surface area contributed by atoms with Crippen molar-refractivity contribution in [3.05, 3.63) is 24.0 Å². The maximum Gasteiger partial charge on any atom is 0.209 e. The molecule has 82 valence electrons. The maximum absolute atomic E-state index is 10.1. The van der Waals surface area contributed by atoms with Crippen LogP contribution in [0.2, 0.25) is 0 Å². The second-order valence-electron chi connectivity index (χ2n) is 3.45. The molecule has 1 amide bonds. The van der Waals surface area contributed by atoms with Crippen molar-refractivity contribution in [1.82, 2.24) is 9.88 Å². The average molecular weight is 208 g/mol. The first-order valence-electron chi connectivity index (χ1n) is 5.14. The molecule has 0 saturated carbocycles. The van der Waals surface area contributed by atoms with E-state index in [1.54, 1.807) is 18.3 Å². The van der Waals surface area contributed by atoms with Gasteiger partial charge in [0.15, 0.2) is 6.29 Å². The van der Waals surface area contributed by atoms with Crippen molar-refractivity contribution in [2.45, 2.75) is 19.3 Å². The van der Waals surface area contributed by atoms with Crippen molar-refractivity contribution in [3.63, 3.8) is 0 Å². The summed E-state index contributed by atoms with van der Waals surface area (Å²) in [5.74, 6) is 0. The average Bonchev–Trinajstić information content (AvgIpc) is 2.84. The molecular weight excluding hydrogens is 192 g/mol. The number of H-pyrrole nitrogens is 1. The van der Waals surface area contributed by atoms with Gasteiger partial charge in [0.2, 0.25) is 6.41 Å². The van der Waals surface area contributed by atoms with Crippen LogP contribution in [0.25, 0.3) is 0 Å². The first kappa shape index (κ1) is 11.5. The highest BCUT2D eigenvalue weighted by molar-refractivity contribution is 5.71. The molecule has 1 aromatic heterocycles. The first-order valence-corrected chi connectivity index (χ1v) is 5.14. The molecular formula is C11H16N2O2. The number of aldehydes is 1. The van der Waals surface area contributed by atoms with Gasteiger partial charge in [-0.15, -0.1) is 0 Å². The fraction of sp³-hybridized carbons (Fsp3) is 0.455. The fourth-order valence-electron chi connectivity index (χ4n) is 1.44. The molecule has 0 unspecified atom stereocenters. The van der Waals surface area contributed by atoms with E-state index in [0.717, 1.165) is 25.8 Å². The number of rotatable bonds is 2. The minimum atomic E-state index is 0.625. The Kier molecular flexibility index (Phi) is 5.22. The second-order valence-corrected chi connectivity index (χ2v) is 3.45. The van der Waals surface area contributed by atoms with Crippen LogP contribution in [0.15, 0.2) is 18.3 Å². The van der Waals surface area contributed by atoms with Crippen molar-refractivity contribution >= 4 is 12.7 Å². The molecule has 0 spiro atoms. The van der Waals surface area contributed by atoms with Gasteiger partial charge in [0.05, 0.1) is 5.69 Å². The van der Waals surface area contributed by atoms with E-state index < -0.39 is 0 Å². The number of likely N-dealkylation sites (tertiary alicyclic amines) is 1. The van der Waals surface area contributed by atoms with Crippen LogP contribution in [0.5, 0.6) is 0 Å². The summed E-state index contributed by atoms with van der Waals surface area (Å²) >= 11 is 0. The number of piperidine rings is 1. The quantitative estimate of drug-likeness (QED) is 0.748. The largest absolute Gasteiger partial charge is 0.359 e. The SMILES string of the molecule is O=CN1CCCCC1.O=Cc1ccc[nH]1. The summed E-state index contributed by atoms with van der Waals surface area (Å²) < 4.78 is 0. The first-order chi connectivity index (χ1) is 7.36. The van der Waals surface area contributed by atoms with E-state index in [9.17, 15) is 9.59 Å². The van der Waals surface area contributed by atoms with Gasteiger partial charge in [0.1, 0.15) is 0 Å². The minimum absolute atomic E-state index is 0.625. The lowest BCUT2D eigenvalue weighted by atomic mass is 10.1. The Balaban J connectivity index is 0.000000151. The molecule has 1 aliphatic heterocycles. The number of hydrogen-bond acceptors (Lipinski definition) is 2. The smallest absolute Gasteiger partial charge is 0.209 e. The van der Waals surface area contributed by atoms with Crippen molar-refractivity contribution in [2.75, 3.05) is 13.1 Å². The minimum Gasteiger partial charge on any atom is -0.359 e. The van der Waals surface area contributed by atoms with Crippen LogP contribution < -0.4 is 0 Å². The van der Waals surface area contributed by atoms with Gasteiger partial charge in [-0.25, -0.2) is 0 Å². The molecule has 1 saturated heterocycles. The molecule has 1 aliphatic rings. The lowest BCUT2D eigenvalue weighted by Crippen LogP contribution is -2.27. The zero-order valence-electron chi connectivity index (χ0n) is 8.69. The van der Waals surface area contributed by atoms with E-state index in [1.165, 1.54) is 19.3 Å². The highest BCUT2D eigenvalue weighted by Gasteiger charge is 2.05. The Morgan fingerprint density at radius 2 is 1.93 bits per heavy atom. The molecule has 0 bridgehead atoms. The molecule has 4 heteroatoms. The van der Waals surface area contributed by atoms with E-state index in [-0.39, 0.29) is 0 Å². The number of carbonyl (C=O) groups excluding carboxylic acids is 2. The van der Waals surface area contributed by atoms with Crippen LogP contribution in [0.4, 0.5) is 0 Å². The van der Waals surface area contributed by atoms with Gasteiger partial charge in [-0.3, -0.25) is 9.59 Å². The second kappa shape index (κ2) is 6.81. The van der Waals surface area contributed by atoms with Gasteiger partial charge in [0, 0.05) is 19.3 Å². The zero-order chi connectivity index (χ0) is 10.9. The normalized spacial score (nSPS) is 15.1. The molecule has 1 fully saturated rings. The Morgan fingerprint density at radius 3 is 2.27 bits per heavy atom. The Morgan fingerprint density at radius 1 is 1.20 bits per heavy atom. The molecule has 0 aromatic carbocycles. The zero-order valence-corrected chi connectivity index (χ0v) is 8.69. The van der Waals surface area contributed by atoms with Gasteiger partial charge >= 0.3 is 0 Å². The van der Waals surface area contributed by atoms with E-state index in [1.807, 2.05) is 4.90 Å². The molecule has 0 aliphatic carbocycles. The van der Waals surface area contributed by atoms with Crippen molar-refractivity contribution in [2.24, 2.45) is 0 Å². The molecule has 2 heterocycles. The van der Waals surface area contributed by atoms with Crippen LogP contribution >= 0.6 is 0 Å². The monoisotopic (exact) mass is 208 g/mol. The number of carbonyl (C=O) groups is 2. The van der Waals surface area contributed by atoms with Crippen LogP contribution in [-0.4, -0.2) is 35.7 Å². The molecule has 0 atom stereocenters. The van der Waals surface area contributed by atoms with E-state index in [4.69, 9.17) is 0 Å². The van der Waals surface area contributed by atoms with Crippen molar-refractivity contribution < 1.29 is 9.59 Å². The summed E-state index contributed by atoms with van der Waals surface area (Å²) in [6, 6.07) is 3.50. The number of hydrogen-bond donors (Lipinski definition) is 1. The summed E-state index contributed by atoms with van der Waals surface area (Å²) in [6.45, 7) is 1.95. The Hall–Kier alpha value is -1.58. The van der Waals surface area contributed by atoms with Crippen LogP contribution in [0.1, 0.15) is 29.8 Å². The third-order valence-electron chi connectivity index (χ3n) is 2.29. The number of amides is 1. The molecule has 4 nitrogen and oxygen atoms in total. The van der Waals surface area contributed by atoms with Gasteiger partial charge < -0.3 is 9.88 Å². The molecule has 1 N–H and O–H groups in total. The number of aromatic nitrogens is 1. The van der Waals surface area contributed by atoms with E-state index in [0.29, 0.717) is 5.69 Å². The third-order valence-corrected chi connectivity index (χ3v) is 2.29. The topological polar surface area (TPSA) is 53.2 Å². The fourth-order valence-corrected chi connectivity index (χ4v) is 1.44. The van der Waals surface area contributed by atoms with Gasteiger partial charge in [-0.05, 0) is 31.4 Å². The molecule has 0 radical (unpaired) electrons. The standard InChI is InChI=1S/C6H11NO.C5H5NO/c8-6-7-4-2-1-3-5-7;7-4-5-2-1-3-6-5/h6H,1-5H2;1-4,6H. The Bertz CT molecular complexity index is 277. The predicted molar refractivity (Wildman–Crippen MR) is 57.7 cm³/mol. The Labute approximate surface area is 89.3 Å². The summed E-state index contributed by atoms with van der Waals surface area (Å²) in [7, 11) is 0. The summed E-state index contributed by atoms with van der Waals surface area (Å²) in [5, 5.41) is 0. The summed E-state index contributed by atoms with van der Waals surface area (Å²) in [5.41, 5.74) is 0.625. The van der Waals surface area contributed by atoms with Gasteiger partial charge in [-0.2, -0.15) is 0 Å². The van der Waals surface area contributed by atoms with Crippen LogP contribution in [0, 0.1) is 0 Å². The maximum atomic E-state index is 10.1. The molecule has 1 aromatic rings. The van der Waals surface area contributed by atoms with Gasteiger partial charge in [0.25, 0.3) is 0 Å². The third kappa shape index (κ3) is 4.44. The highest BCUT2D eigenvalue weighted by atomic mass is 16.1.